The van der Waals surface area contributed by atoms with Crippen molar-refractivity contribution >= 4 is 11.6 Å². The molecule has 0 saturated carbocycles. The second kappa shape index (κ2) is 3.68. The zero-order valence-electron chi connectivity index (χ0n) is 8.69. The number of fused-ring (bicyclic) bond motifs is 1. The van der Waals surface area contributed by atoms with Gasteiger partial charge in [-0.1, -0.05) is 6.07 Å². The minimum Gasteiger partial charge on any atom is -0.354 e. The number of nitrogens with zero attached hydrogens (tertiary/aromatic N) is 3. The van der Waals surface area contributed by atoms with Crippen LogP contribution in [0.4, 0.5) is 5.95 Å². The highest BCUT2D eigenvalue weighted by atomic mass is 16.1. The number of rotatable bonds is 2. The van der Waals surface area contributed by atoms with Crippen LogP contribution in [0.1, 0.15) is 12.5 Å². The Morgan fingerprint density at radius 1 is 1.40 bits per heavy atom. The van der Waals surface area contributed by atoms with Crippen LogP contribution < -0.4 is 11.0 Å². The van der Waals surface area contributed by atoms with Crippen LogP contribution in [0.3, 0.4) is 0 Å². The highest BCUT2D eigenvalue weighted by Crippen LogP contribution is 2.02. The molecular weight excluding hydrogens is 192 g/mol. The first-order valence-electron chi connectivity index (χ1n) is 4.81. The first-order chi connectivity index (χ1) is 7.20. The molecule has 5 nitrogen and oxygen atoms in total. The van der Waals surface area contributed by atoms with Crippen molar-refractivity contribution in [1.82, 2.24) is 14.4 Å². The molecule has 0 aliphatic carbocycles. The Morgan fingerprint density at radius 3 is 2.93 bits per heavy atom. The quantitative estimate of drug-likeness (QED) is 0.787. The molecule has 2 rings (SSSR count). The van der Waals surface area contributed by atoms with E-state index in [0.29, 0.717) is 18.1 Å². The Morgan fingerprint density at radius 2 is 2.20 bits per heavy atom. The fourth-order valence-electron chi connectivity index (χ4n) is 1.36. The lowest BCUT2D eigenvalue weighted by Crippen LogP contribution is -2.20. The summed E-state index contributed by atoms with van der Waals surface area (Å²) in [5.74, 6) is 0.381. The number of aryl methyl sites for hydroxylation is 1. The van der Waals surface area contributed by atoms with Crippen LogP contribution in [0.15, 0.2) is 23.1 Å². The molecule has 2 aromatic rings. The van der Waals surface area contributed by atoms with Crippen molar-refractivity contribution in [1.29, 1.82) is 0 Å². The summed E-state index contributed by atoms with van der Waals surface area (Å²) in [5, 5.41) is 2.92. The van der Waals surface area contributed by atoms with Crippen molar-refractivity contribution in [2.45, 2.75) is 13.8 Å². The van der Waals surface area contributed by atoms with Gasteiger partial charge in [-0.3, -0.25) is 4.40 Å². The highest BCUT2D eigenvalue weighted by molar-refractivity contribution is 5.43. The van der Waals surface area contributed by atoms with Gasteiger partial charge in [0, 0.05) is 12.7 Å². The summed E-state index contributed by atoms with van der Waals surface area (Å²) in [5.41, 5.74) is 1.31. The lowest BCUT2D eigenvalue weighted by atomic mass is 10.3. The van der Waals surface area contributed by atoms with Gasteiger partial charge in [-0.15, -0.1) is 0 Å². The third-order valence-electron chi connectivity index (χ3n) is 2.04. The standard InChI is InChI=1S/C10H12N4O/c1-3-11-9-12-8-5-4-7(2)6-14(8)10(15)13-9/h4-6H,3H2,1-2H3,(H,11,13,15). The maximum atomic E-state index is 11.6. The van der Waals surface area contributed by atoms with E-state index in [2.05, 4.69) is 15.3 Å². The van der Waals surface area contributed by atoms with E-state index in [4.69, 9.17) is 0 Å². The van der Waals surface area contributed by atoms with Gasteiger partial charge in [0.2, 0.25) is 5.95 Å². The summed E-state index contributed by atoms with van der Waals surface area (Å²) in [6.07, 6.45) is 1.73. The van der Waals surface area contributed by atoms with Gasteiger partial charge in [0.05, 0.1) is 0 Å². The molecule has 1 N–H and O–H groups in total. The van der Waals surface area contributed by atoms with E-state index >= 15 is 0 Å². The second-order valence-corrected chi connectivity index (χ2v) is 3.29. The summed E-state index contributed by atoms with van der Waals surface area (Å²) in [7, 11) is 0. The van der Waals surface area contributed by atoms with E-state index in [9.17, 15) is 4.79 Å². The van der Waals surface area contributed by atoms with Crippen LogP contribution >= 0.6 is 0 Å². The molecule has 0 amide bonds. The largest absolute Gasteiger partial charge is 0.356 e. The van der Waals surface area contributed by atoms with Crippen molar-refractivity contribution in [2.75, 3.05) is 11.9 Å². The molecule has 15 heavy (non-hydrogen) atoms. The van der Waals surface area contributed by atoms with E-state index in [1.807, 2.05) is 19.9 Å². The molecular formula is C10H12N4O. The molecule has 78 valence electrons. The minimum atomic E-state index is -0.306. The van der Waals surface area contributed by atoms with Crippen LogP contribution in [0, 0.1) is 6.92 Å². The number of hydrogen-bond acceptors (Lipinski definition) is 4. The molecule has 0 aliphatic heterocycles. The molecule has 2 heterocycles. The predicted molar refractivity (Wildman–Crippen MR) is 58.2 cm³/mol. The Labute approximate surface area is 86.8 Å². The predicted octanol–water partition coefficient (Wildman–Crippen LogP) is 0.830. The third-order valence-corrected chi connectivity index (χ3v) is 2.04. The van der Waals surface area contributed by atoms with Gasteiger partial charge in [0.25, 0.3) is 0 Å². The van der Waals surface area contributed by atoms with Gasteiger partial charge < -0.3 is 5.32 Å². The van der Waals surface area contributed by atoms with Crippen molar-refractivity contribution in [3.05, 3.63) is 34.4 Å². The van der Waals surface area contributed by atoms with Crippen molar-refractivity contribution in [3.63, 3.8) is 0 Å². The van der Waals surface area contributed by atoms with E-state index in [0.717, 1.165) is 5.56 Å². The number of pyridine rings is 1. The fourth-order valence-corrected chi connectivity index (χ4v) is 1.36. The lowest BCUT2D eigenvalue weighted by molar-refractivity contribution is 0.928. The summed E-state index contributed by atoms with van der Waals surface area (Å²) in [6.45, 7) is 4.55. The smallest absolute Gasteiger partial charge is 0.354 e. The Bertz CT molecular complexity index is 547. The van der Waals surface area contributed by atoms with E-state index in [-0.39, 0.29) is 5.69 Å². The van der Waals surface area contributed by atoms with Crippen LogP contribution in [-0.2, 0) is 0 Å². The topological polar surface area (TPSA) is 59.3 Å². The van der Waals surface area contributed by atoms with E-state index in [1.54, 1.807) is 12.3 Å². The molecule has 5 heteroatoms. The average Bonchev–Trinajstić information content (AvgIpc) is 2.20. The van der Waals surface area contributed by atoms with Crippen LogP contribution in [0.25, 0.3) is 5.65 Å². The maximum Gasteiger partial charge on any atom is 0.356 e. The van der Waals surface area contributed by atoms with Crippen molar-refractivity contribution in [3.8, 4) is 0 Å². The van der Waals surface area contributed by atoms with Gasteiger partial charge in [0.1, 0.15) is 5.65 Å². The monoisotopic (exact) mass is 204 g/mol. The molecule has 0 spiro atoms. The van der Waals surface area contributed by atoms with Crippen LogP contribution in [0.5, 0.6) is 0 Å². The summed E-state index contributed by atoms with van der Waals surface area (Å²) >= 11 is 0. The summed E-state index contributed by atoms with van der Waals surface area (Å²) < 4.78 is 1.44. The molecule has 0 fully saturated rings. The highest BCUT2D eigenvalue weighted by Gasteiger charge is 2.02. The Balaban J connectivity index is 2.67. The van der Waals surface area contributed by atoms with Gasteiger partial charge in [-0.05, 0) is 25.5 Å². The number of hydrogen-bond donors (Lipinski definition) is 1. The zero-order valence-corrected chi connectivity index (χ0v) is 8.69. The van der Waals surface area contributed by atoms with Gasteiger partial charge >= 0.3 is 5.69 Å². The first-order valence-corrected chi connectivity index (χ1v) is 4.81. The molecule has 0 unspecified atom stereocenters. The number of aromatic nitrogens is 3. The Kier molecular flexibility index (Phi) is 2.37. The summed E-state index contributed by atoms with van der Waals surface area (Å²) in [6, 6.07) is 3.72. The lowest BCUT2D eigenvalue weighted by Gasteiger charge is -2.03. The van der Waals surface area contributed by atoms with E-state index in [1.165, 1.54) is 4.40 Å². The van der Waals surface area contributed by atoms with Gasteiger partial charge in [-0.25, -0.2) is 4.79 Å². The first kappa shape index (κ1) is 9.64. The molecule has 0 saturated heterocycles. The normalized spacial score (nSPS) is 10.5. The molecule has 2 aromatic heterocycles. The minimum absolute atomic E-state index is 0.306. The molecule has 0 radical (unpaired) electrons. The average molecular weight is 204 g/mol. The third kappa shape index (κ3) is 1.81. The van der Waals surface area contributed by atoms with Crippen molar-refractivity contribution in [2.24, 2.45) is 0 Å². The SMILES string of the molecule is CCNc1nc(=O)n2cc(C)ccc2n1. The molecule has 0 atom stereocenters. The Hall–Kier alpha value is -1.91. The zero-order chi connectivity index (χ0) is 10.8. The van der Waals surface area contributed by atoms with Crippen LogP contribution in [0.2, 0.25) is 0 Å². The molecule has 0 aromatic carbocycles. The number of anilines is 1. The van der Waals surface area contributed by atoms with Crippen molar-refractivity contribution < 1.29 is 0 Å². The number of nitrogens with one attached hydrogen (secondary N) is 1. The van der Waals surface area contributed by atoms with E-state index < -0.39 is 0 Å². The summed E-state index contributed by atoms with van der Waals surface area (Å²) in [4.78, 5) is 19.6. The maximum absolute atomic E-state index is 11.6. The molecule has 0 bridgehead atoms. The fraction of sp³-hybridized carbons (Fsp3) is 0.300. The van der Waals surface area contributed by atoms with Crippen LogP contribution in [-0.4, -0.2) is 20.9 Å². The second-order valence-electron chi connectivity index (χ2n) is 3.29. The van der Waals surface area contributed by atoms with Gasteiger partial charge in [0.15, 0.2) is 0 Å². The molecule has 0 aliphatic rings. The van der Waals surface area contributed by atoms with Gasteiger partial charge in [-0.2, -0.15) is 9.97 Å².